The average molecular weight is 359 g/mol. The number of allylic oxidation sites excluding steroid dienone is 2. The third kappa shape index (κ3) is 3.90. The van der Waals surface area contributed by atoms with Crippen LogP contribution < -0.4 is 0 Å². The van der Waals surface area contributed by atoms with E-state index in [1.54, 1.807) is 0 Å². The van der Waals surface area contributed by atoms with Gasteiger partial charge in [0.05, 0.1) is 12.5 Å². The number of carbonyl (C=O) groups excluding carboxylic acids is 2. The number of unbranched alkanes of at least 4 members (excludes halogenated alkanes) is 1. The normalized spacial score (nSPS) is 34.1. The number of methoxy groups -OCH3 is 1. The summed E-state index contributed by atoms with van der Waals surface area (Å²) in [6, 6.07) is 0. The highest BCUT2D eigenvalue weighted by atomic mass is 16.5. The monoisotopic (exact) mass is 358 g/mol. The molecule has 0 aromatic heterocycles. The minimum atomic E-state index is -0.688. The van der Waals surface area contributed by atoms with Gasteiger partial charge >= 0.3 is 5.97 Å². The van der Waals surface area contributed by atoms with Crippen molar-refractivity contribution in [2.45, 2.75) is 85.0 Å². The third-order valence-corrected chi connectivity index (χ3v) is 6.83. The average Bonchev–Trinajstić information content (AvgIpc) is 2.91. The van der Waals surface area contributed by atoms with Crippen LogP contribution in [0.4, 0.5) is 0 Å². The van der Waals surface area contributed by atoms with Crippen LogP contribution in [-0.2, 0) is 14.3 Å². The van der Waals surface area contributed by atoms with Crippen LogP contribution in [-0.4, -0.2) is 18.9 Å². The van der Waals surface area contributed by atoms with Crippen LogP contribution in [0.5, 0.6) is 0 Å². The van der Waals surface area contributed by atoms with Crippen molar-refractivity contribution < 1.29 is 14.3 Å². The first-order chi connectivity index (χ1) is 12.4. The van der Waals surface area contributed by atoms with Gasteiger partial charge in [0, 0.05) is 18.8 Å². The molecule has 2 rings (SSSR count). The molecule has 0 radical (unpaired) electrons. The lowest BCUT2D eigenvalue weighted by atomic mass is 9.58. The number of hydrogen-bond acceptors (Lipinski definition) is 3. The summed E-state index contributed by atoms with van der Waals surface area (Å²) in [6.07, 6.45) is 10.7. The number of ketones is 1. The Morgan fingerprint density at radius 1 is 1.35 bits per heavy atom. The molecule has 0 bridgehead atoms. The predicted molar refractivity (Wildman–Crippen MR) is 104 cm³/mol. The number of carbonyl (C=O) groups is 2. The van der Waals surface area contributed by atoms with E-state index in [1.165, 1.54) is 12.7 Å². The van der Waals surface area contributed by atoms with E-state index in [0.717, 1.165) is 51.4 Å². The van der Waals surface area contributed by atoms with Gasteiger partial charge in [-0.1, -0.05) is 18.6 Å². The molecular weight excluding hydrogens is 324 g/mol. The molecule has 3 heteroatoms. The van der Waals surface area contributed by atoms with Gasteiger partial charge in [-0.2, -0.15) is 0 Å². The highest BCUT2D eigenvalue weighted by molar-refractivity contribution is 5.90. The molecule has 0 saturated heterocycles. The highest BCUT2D eigenvalue weighted by Gasteiger charge is 2.63. The van der Waals surface area contributed by atoms with Gasteiger partial charge in [0.25, 0.3) is 0 Å². The van der Waals surface area contributed by atoms with Gasteiger partial charge in [-0.05, 0) is 70.6 Å². The maximum atomic E-state index is 13.1. The second-order valence-electron chi connectivity index (χ2n) is 8.30. The Morgan fingerprint density at radius 3 is 2.81 bits per heavy atom. The summed E-state index contributed by atoms with van der Waals surface area (Å²) in [4.78, 5) is 26.2. The van der Waals surface area contributed by atoms with Gasteiger partial charge in [0.2, 0.25) is 0 Å². The molecule has 3 nitrogen and oxygen atoms in total. The van der Waals surface area contributed by atoms with Crippen LogP contribution in [0.3, 0.4) is 0 Å². The van der Waals surface area contributed by atoms with Crippen molar-refractivity contribution in [3.8, 4) is 11.8 Å². The van der Waals surface area contributed by atoms with E-state index in [9.17, 15) is 9.59 Å². The van der Waals surface area contributed by atoms with Crippen LogP contribution in [0.25, 0.3) is 0 Å². The Balaban J connectivity index is 2.42. The Kier molecular flexibility index (Phi) is 7.09. The molecule has 2 aliphatic rings. The zero-order chi connectivity index (χ0) is 19.2. The van der Waals surface area contributed by atoms with Crippen molar-refractivity contribution in [3.63, 3.8) is 0 Å². The fourth-order valence-electron chi connectivity index (χ4n) is 5.34. The van der Waals surface area contributed by atoms with Gasteiger partial charge < -0.3 is 4.74 Å². The second-order valence-corrected chi connectivity index (χ2v) is 8.30. The van der Waals surface area contributed by atoms with Crippen molar-refractivity contribution in [1.29, 1.82) is 0 Å². The zero-order valence-electron chi connectivity index (χ0n) is 17.0. The zero-order valence-corrected chi connectivity index (χ0v) is 17.0. The van der Waals surface area contributed by atoms with E-state index in [4.69, 9.17) is 4.74 Å². The summed E-state index contributed by atoms with van der Waals surface area (Å²) < 4.78 is 5.32. The standard InChI is InChI=1S/C23H34O3/c1-5-6-7-8-15-22(3)17-14-19-20(24)13-9-11-18(2)12-10-16-23(19,22)21(25)26-4/h12,19H,7-11,13-17H2,1-4H3/b18-12-. The first-order valence-electron chi connectivity index (χ1n) is 10.1. The van der Waals surface area contributed by atoms with Gasteiger partial charge in [-0.25, -0.2) is 0 Å². The van der Waals surface area contributed by atoms with Gasteiger partial charge in [-0.3, -0.25) is 9.59 Å². The topological polar surface area (TPSA) is 43.4 Å². The number of hydrogen-bond donors (Lipinski definition) is 0. The first-order valence-corrected chi connectivity index (χ1v) is 10.1. The number of fused-ring (bicyclic) bond motifs is 1. The van der Waals surface area contributed by atoms with E-state index in [-0.39, 0.29) is 23.1 Å². The Hall–Kier alpha value is -1.56. The summed E-state index contributed by atoms with van der Waals surface area (Å²) in [5, 5.41) is 0. The highest BCUT2D eigenvalue weighted by Crippen LogP contribution is 2.62. The van der Waals surface area contributed by atoms with Gasteiger partial charge in [0.15, 0.2) is 0 Å². The molecule has 0 aliphatic heterocycles. The first kappa shape index (κ1) is 20.7. The van der Waals surface area contributed by atoms with Crippen LogP contribution in [0, 0.1) is 28.6 Å². The molecule has 0 heterocycles. The lowest BCUT2D eigenvalue weighted by molar-refractivity contribution is -0.167. The van der Waals surface area contributed by atoms with Crippen LogP contribution in [0.2, 0.25) is 0 Å². The van der Waals surface area contributed by atoms with E-state index in [1.807, 2.05) is 6.92 Å². The Labute approximate surface area is 159 Å². The van der Waals surface area contributed by atoms with E-state index in [2.05, 4.69) is 31.8 Å². The SMILES string of the molecule is CC#CCCCC1(C)CCC2C(=O)CCC/C(C)=C\CCC21C(=O)OC. The van der Waals surface area contributed by atoms with Crippen molar-refractivity contribution >= 4 is 11.8 Å². The molecular formula is C23H34O3. The number of Topliss-reactive ketones (excluding diaryl/α,β-unsaturated/α-hetero) is 1. The summed E-state index contributed by atoms with van der Waals surface area (Å²) in [5.74, 6) is 5.98. The molecule has 0 aromatic carbocycles. The molecule has 1 saturated carbocycles. The maximum absolute atomic E-state index is 13.1. The lowest BCUT2D eigenvalue weighted by Crippen LogP contribution is -2.49. The number of ether oxygens (including phenoxy) is 1. The van der Waals surface area contributed by atoms with Crippen molar-refractivity contribution in [2.75, 3.05) is 7.11 Å². The molecule has 3 atom stereocenters. The summed E-state index contributed by atoms with van der Waals surface area (Å²) in [5.41, 5.74) is 0.442. The molecule has 2 aliphatic carbocycles. The smallest absolute Gasteiger partial charge is 0.313 e. The minimum absolute atomic E-state index is 0.177. The van der Waals surface area contributed by atoms with Crippen LogP contribution >= 0.6 is 0 Å². The predicted octanol–water partition coefficient (Wildman–Crippen LogP) is 5.24. The van der Waals surface area contributed by atoms with Crippen molar-refractivity contribution in [1.82, 2.24) is 0 Å². The van der Waals surface area contributed by atoms with E-state index >= 15 is 0 Å². The fraction of sp³-hybridized carbons (Fsp3) is 0.739. The molecule has 144 valence electrons. The van der Waals surface area contributed by atoms with Crippen LogP contribution in [0.15, 0.2) is 11.6 Å². The molecule has 0 amide bonds. The van der Waals surface area contributed by atoms with E-state index in [0.29, 0.717) is 12.8 Å². The molecule has 1 fully saturated rings. The molecule has 26 heavy (non-hydrogen) atoms. The molecule has 0 aromatic rings. The van der Waals surface area contributed by atoms with Gasteiger partial charge in [0.1, 0.15) is 5.78 Å². The summed E-state index contributed by atoms with van der Waals surface area (Å²) in [6.45, 7) is 6.20. The Morgan fingerprint density at radius 2 is 2.12 bits per heavy atom. The number of esters is 1. The second kappa shape index (κ2) is 8.89. The largest absolute Gasteiger partial charge is 0.469 e. The summed E-state index contributed by atoms with van der Waals surface area (Å²) >= 11 is 0. The molecule has 3 unspecified atom stereocenters. The summed E-state index contributed by atoms with van der Waals surface area (Å²) in [7, 11) is 1.47. The van der Waals surface area contributed by atoms with E-state index < -0.39 is 5.41 Å². The third-order valence-electron chi connectivity index (χ3n) is 6.83. The molecule has 0 N–H and O–H groups in total. The van der Waals surface area contributed by atoms with Crippen molar-refractivity contribution in [3.05, 3.63) is 11.6 Å². The van der Waals surface area contributed by atoms with Gasteiger partial charge in [-0.15, -0.1) is 11.8 Å². The Bertz CT molecular complexity index is 621. The quantitative estimate of drug-likeness (QED) is 0.299. The maximum Gasteiger partial charge on any atom is 0.313 e. The fourth-order valence-corrected chi connectivity index (χ4v) is 5.34. The molecule has 0 spiro atoms. The van der Waals surface area contributed by atoms with Crippen LogP contribution in [0.1, 0.15) is 85.0 Å². The van der Waals surface area contributed by atoms with Crippen molar-refractivity contribution in [2.24, 2.45) is 16.7 Å². The lowest BCUT2D eigenvalue weighted by Gasteiger charge is -2.45. The number of rotatable bonds is 4. The minimum Gasteiger partial charge on any atom is -0.469 e.